The number of hydrogen-bond donors (Lipinski definition) is 2. The van der Waals surface area contributed by atoms with E-state index in [-0.39, 0.29) is 34.7 Å². The number of benzene rings is 2. The molecule has 0 radical (unpaired) electrons. The molecule has 4 rings (SSSR count). The predicted molar refractivity (Wildman–Crippen MR) is 127 cm³/mol. The lowest BCUT2D eigenvalue weighted by atomic mass is 9.96. The number of anilines is 1. The Labute approximate surface area is 204 Å². The quantitative estimate of drug-likeness (QED) is 0.395. The van der Waals surface area contributed by atoms with Crippen LogP contribution in [0, 0.1) is 5.82 Å². The number of para-hydroxylation sites is 1. The molecule has 2 amide bonds. The highest BCUT2D eigenvalue weighted by molar-refractivity contribution is 6.31. The first kappa shape index (κ1) is 24.1. The summed E-state index contributed by atoms with van der Waals surface area (Å²) < 4.78 is 20.7. The van der Waals surface area contributed by atoms with Crippen molar-refractivity contribution in [3.8, 4) is 0 Å². The highest BCUT2D eigenvalue weighted by atomic mass is 35.5. The van der Waals surface area contributed by atoms with Crippen LogP contribution in [0.5, 0.6) is 0 Å². The number of halogens is 2. The Morgan fingerprint density at radius 2 is 1.91 bits per heavy atom. The van der Waals surface area contributed by atoms with Gasteiger partial charge in [-0.1, -0.05) is 35.8 Å². The van der Waals surface area contributed by atoms with Crippen LogP contribution >= 0.6 is 11.6 Å². The van der Waals surface area contributed by atoms with Gasteiger partial charge < -0.3 is 19.7 Å². The number of aromatic nitrogens is 3. The largest absolute Gasteiger partial charge is 0.355 e. The lowest BCUT2D eigenvalue weighted by Crippen LogP contribution is -2.25. The van der Waals surface area contributed by atoms with Crippen LogP contribution in [-0.4, -0.2) is 39.4 Å². The molecule has 2 aromatic carbocycles. The monoisotopic (exact) mass is 497 g/mol. The second kappa shape index (κ2) is 9.67. The van der Waals surface area contributed by atoms with Crippen molar-refractivity contribution in [3.05, 3.63) is 76.1 Å². The van der Waals surface area contributed by atoms with E-state index in [4.69, 9.17) is 16.1 Å². The van der Waals surface area contributed by atoms with Gasteiger partial charge in [-0.2, -0.15) is 0 Å². The van der Waals surface area contributed by atoms with Crippen molar-refractivity contribution in [1.29, 1.82) is 0 Å². The molecule has 35 heavy (non-hydrogen) atoms. The summed E-state index contributed by atoms with van der Waals surface area (Å²) in [4.78, 5) is 42.2. The predicted octanol–water partition coefficient (Wildman–Crippen LogP) is 4.17. The number of amides is 2. The minimum Gasteiger partial charge on any atom is -0.355 e. The van der Waals surface area contributed by atoms with E-state index in [0.717, 1.165) is 0 Å². The number of ketones is 1. The molecule has 0 aliphatic rings. The van der Waals surface area contributed by atoms with Gasteiger partial charge in [-0.15, -0.1) is 0 Å². The molecule has 0 aliphatic carbocycles. The van der Waals surface area contributed by atoms with Crippen LogP contribution in [0.1, 0.15) is 52.1 Å². The van der Waals surface area contributed by atoms with Crippen molar-refractivity contribution in [3.63, 3.8) is 0 Å². The van der Waals surface area contributed by atoms with Gasteiger partial charge in [0.05, 0.1) is 17.6 Å². The van der Waals surface area contributed by atoms with Crippen LogP contribution in [0.2, 0.25) is 5.02 Å². The summed E-state index contributed by atoms with van der Waals surface area (Å²) >= 11 is 6.35. The Bertz CT molecular complexity index is 1460. The van der Waals surface area contributed by atoms with Crippen LogP contribution in [0.4, 0.5) is 10.2 Å². The third-order valence-electron chi connectivity index (χ3n) is 5.48. The number of carbonyl (C=O) groups excluding carboxylic acids is 3. The van der Waals surface area contributed by atoms with E-state index in [0.29, 0.717) is 22.2 Å². The summed E-state index contributed by atoms with van der Waals surface area (Å²) in [5, 5.41) is 9.78. The van der Waals surface area contributed by atoms with E-state index in [1.54, 1.807) is 31.2 Å². The molecule has 11 heteroatoms. The van der Waals surface area contributed by atoms with Gasteiger partial charge in [0.15, 0.2) is 17.1 Å². The number of rotatable bonds is 7. The van der Waals surface area contributed by atoms with Gasteiger partial charge in [0, 0.05) is 18.0 Å². The molecule has 1 atom stereocenters. The van der Waals surface area contributed by atoms with Crippen molar-refractivity contribution in [2.45, 2.75) is 26.3 Å². The molecule has 4 aromatic rings. The Hall–Kier alpha value is -4.05. The molecule has 0 fully saturated rings. The third kappa shape index (κ3) is 4.65. The standard InChI is InChI=1S/C24H21ClFN5O4/c1-12(32)11-31-20(13(2)16-10-14(26)8-9-17(16)25)21(28-22(31)24(34)27-3)29-23(33)19-15-6-4-5-7-18(15)35-30-19/h4-10,13H,11H2,1-3H3,(H,27,34)(H,29,33)/t13-/m1/s1. The van der Waals surface area contributed by atoms with E-state index in [9.17, 15) is 18.8 Å². The summed E-state index contributed by atoms with van der Waals surface area (Å²) in [7, 11) is 1.42. The SMILES string of the molecule is CNC(=O)c1nc(NC(=O)c2noc3ccccc23)c([C@H](C)c2cc(F)ccc2Cl)n1CC(C)=O. The summed E-state index contributed by atoms with van der Waals surface area (Å²) in [5.74, 6) is -2.73. The lowest BCUT2D eigenvalue weighted by Gasteiger charge is -2.19. The summed E-state index contributed by atoms with van der Waals surface area (Å²) in [6.07, 6.45) is 0. The second-order valence-electron chi connectivity index (χ2n) is 7.91. The molecule has 2 N–H and O–H groups in total. The minimum atomic E-state index is -0.659. The average Bonchev–Trinajstić information content (AvgIpc) is 3.41. The molecule has 0 unspecified atom stereocenters. The summed E-state index contributed by atoms with van der Waals surface area (Å²) in [6.45, 7) is 2.87. The number of hydrogen-bond acceptors (Lipinski definition) is 6. The molecule has 0 saturated heterocycles. The van der Waals surface area contributed by atoms with Crippen molar-refractivity contribution in [2.75, 3.05) is 12.4 Å². The van der Waals surface area contributed by atoms with Crippen LogP contribution in [0.25, 0.3) is 11.0 Å². The summed E-state index contributed by atoms with van der Waals surface area (Å²) in [5.41, 5.74) is 1.13. The van der Waals surface area contributed by atoms with Crippen molar-refractivity contribution < 1.29 is 23.3 Å². The fourth-order valence-corrected chi connectivity index (χ4v) is 4.16. The van der Waals surface area contributed by atoms with Crippen molar-refractivity contribution >= 4 is 46.0 Å². The maximum atomic E-state index is 14.1. The molecule has 0 bridgehead atoms. The molecular weight excluding hydrogens is 477 g/mol. The topological polar surface area (TPSA) is 119 Å². The zero-order valence-corrected chi connectivity index (χ0v) is 19.8. The zero-order chi connectivity index (χ0) is 25.3. The highest BCUT2D eigenvalue weighted by Crippen LogP contribution is 2.35. The Balaban J connectivity index is 1.87. The number of fused-ring (bicyclic) bond motifs is 1. The zero-order valence-electron chi connectivity index (χ0n) is 19.1. The smallest absolute Gasteiger partial charge is 0.287 e. The van der Waals surface area contributed by atoms with E-state index in [2.05, 4.69) is 20.8 Å². The molecule has 0 aliphatic heterocycles. The normalized spacial score (nSPS) is 11.9. The number of Topliss-reactive ketones (excluding diaryl/α,β-unsaturated/α-hetero) is 1. The average molecular weight is 498 g/mol. The Morgan fingerprint density at radius 1 is 1.17 bits per heavy atom. The molecular formula is C24H21ClFN5O4. The van der Waals surface area contributed by atoms with Gasteiger partial charge in [-0.05, 0) is 42.8 Å². The van der Waals surface area contributed by atoms with Gasteiger partial charge in [0.1, 0.15) is 11.6 Å². The molecule has 0 saturated carbocycles. The van der Waals surface area contributed by atoms with Crippen molar-refractivity contribution in [1.82, 2.24) is 20.0 Å². The van der Waals surface area contributed by atoms with E-state index in [1.165, 1.54) is 36.7 Å². The summed E-state index contributed by atoms with van der Waals surface area (Å²) in [6, 6.07) is 10.7. The van der Waals surface area contributed by atoms with Crippen LogP contribution < -0.4 is 10.6 Å². The minimum absolute atomic E-state index is 0.00904. The van der Waals surface area contributed by atoms with Gasteiger partial charge in [0.25, 0.3) is 11.8 Å². The van der Waals surface area contributed by atoms with Crippen LogP contribution in [0.3, 0.4) is 0 Å². The first-order valence-corrected chi connectivity index (χ1v) is 11.0. The number of nitrogens with one attached hydrogen (secondary N) is 2. The molecule has 2 heterocycles. The van der Waals surface area contributed by atoms with Gasteiger partial charge in [-0.3, -0.25) is 14.4 Å². The lowest BCUT2D eigenvalue weighted by molar-refractivity contribution is -0.117. The number of carbonyl (C=O) groups is 3. The number of nitrogens with zero attached hydrogens (tertiary/aromatic N) is 3. The molecule has 2 aromatic heterocycles. The first-order valence-electron chi connectivity index (χ1n) is 10.6. The number of imidazole rings is 1. The van der Waals surface area contributed by atoms with Crippen LogP contribution in [0.15, 0.2) is 47.0 Å². The van der Waals surface area contributed by atoms with E-state index < -0.39 is 23.5 Å². The molecule has 0 spiro atoms. The van der Waals surface area contributed by atoms with Crippen molar-refractivity contribution in [2.24, 2.45) is 0 Å². The van der Waals surface area contributed by atoms with E-state index in [1.807, 2.05) is 0 Å². The third-order valence-corrected chi connectivity index (χ3v) is 5.82. The molecule has 9 nitrogen and oxygen atoms in total. The highest BCUT2D eigenvalue weighted by Gasteiger charge is 2.29. The first-order chi connectivity index (χ1) is 16.7. The maximum absolute atomic E-state index is 14.1. The second-order valence-corrected chi connectivity index (χ2v) is 8.31. The van der Waals surface area contributed by atoms with E-state index >= 15 is 0 Å². The van der Waals surface area contributed by atoms with Gasteiger partial charge in [-0.25, -0.2) is 9.37 Å². The molecule has 180 valence electrons. The fourth-order valence-electron chi connectivity index (χ4n) is 3.87. The van der Waals surface area contributed by atoms with Gasteiger partial charge in [0.2, 0.25) is 5.82 Å². The fraction of sp³-hybridized carbons (Fsp3) is 0.208. The Kier molecular flexibility index (Phi) is 6.65. The maximum Gasteiger partial charge on any atom is 0.287 e. The van der Waals surface area contributed by atoms with Crippen LogP contribution in [-0.2, 0) is 11.3 Å². The Morgan fingerprint density at radius 3 is 2.63 bits per heavy atom. The van der Waals surface area contributed by atoms with Gasteiger partial charge >= 0.3 is 0 Å².